The second-order valence-corrected chi connectivity index (χ2v) is 7.98. The molecule has 1 aromatic heterocycles. The molecule has 0 unspecified atom stereocenters. The molecule has 0 spiro atoms. The first kappa shape index (κ1) is 21.8. The van der Waals surface area contributed by atoms with Gasteiger partial charge < -0.3 is 19.9 Å². The van der Waals surface area contributed by atoms with Gasteiger partial charge in [0.25, 0.3) is 5.91 Å². The minimum absolute atomic E-state index is 0.0792. The second kappa shape index (κ2) is 10.2. The third-order valence-corrected chi connectivity index (χ3v) is 5.45. The van der Waals surface area contributed by atoms with Crippen LogP contribution in [0.1, 0.15) is 16.1 Å². The van der Waals surface area contributed by atoms with Gasteiger partial charge in [-0.15, -0.1) is 0 Å². The molecule has 166 valence electrons. The number of aryl methyl sites for hydroxylation is 1. The Bertz CT molecular complexity index is 1030. The van der Waals surface area contributed by atoms with E-state index < -0.39 is 0 Å². The number of carbonyl (C=O) groups is 1. The van der Waals surface area contributed by atoms with E-state index in [1.54, 1.807) is 0 Å². The van der Waals surface area contributed by atoms with Crippen molar-refractivity contribution in [2.24, 2.45) is 0 Å². The molecule has 7 nitrogen and oxygen atoms in total. The minimum atomic E-state index is 0.0792. The molecule has 1 aliphatic rings. The third kappa shape index (κ3) is 5.62. The Balaban J connectivity index is 1.37. The quantitative estimate of drug-likeness (QED) is 0.579. The minimum Gasteiger partial charge on any atom is -0.492 e. The van der Waals surface area contributed by atoms with E-state index in [4.69, 9.17) is 4.74 Å². The van der Waals surface area contributed by atoms with Crippen LogP contribution in [0.2, 0.25) is 0 Å². The van der Waals surface area contributed by atoms with E-state index in [0.717, 1.165) is 49.0 Å². The van der Waals surface area contributed by atoms with Crippen molar-refractivity contribution >= 4 is 11.7 Å². The van der Waals surface area contributed by atoms with Crippen LogP contribution in [0.4, 0.5) is 5.82 Å². The number of hydrogen-bond donors (Lipinski definition) is 1. The maximum Gasteiger partial charge on any atom is 0.253 e. The first-order valence-corrected chi connectivity index (χ1v) is 10.9. The lowest BCUT2D eigenvalue weighted by Gasteiger charge is -2.32. The van der Waals surface area contributed by atoms with Crippen molar-refractivity contribution in [2.75, 3.05) is 51.7 Å². The molecule has 0 aliphatic carbocycles. The molecule has 1 fully saturated rings. The van der Waals surface area contributed by atoms with Crippen LogP contribution >= 0.6 is 0 Å². The fraction of sp³-hybridized carbons (Fsp3) is 0.320. The monoisotopic (exact) mass is 431 g/mol. The largest absolute Gasteiger partial charge is 0.492 e. The van der Waals surface area contributed by atoms with Crippen molar-refractivity contribution in [1.82, 2.24) is 19.8 Å². The van der Waals surface area contributed by atoms with Gasteiger partial charge in [-0.05, 0) is 38.2 Å². The van der Waals surface area contributed by atoms with Crippen LogP contribution in [0.15, 0.2) is 60.7 Å². The summed E-state index contributed by atoms with van der Waals surface area (Å²) in [6.45, 7) is 6.46. The predicted molar refractivity (Wildman–Crippen MR) is 126 cm³/mol. The zero-order chi connectivity index (χ0) is 22.3. The highest BCUT2D eigenvalue weighted by Crippen LogP contribution is 2.20. The Hall–Kier alpha value is -3.45. The predicted octanol–water partition coefficient (Wildman–Crippen LogP) is 3.33. The van der Waals surface area contributed by atoms with E-state index >= 15 is 0 Å². The highest BCUT2D eigenvalue weighted by molar-refractivity contribution is 5.94. The Morgan fingerprint density at radius 1 is 1.00 bits per heavy atom. The van der Waals surface area contributed by atoms with Crippen molar-refractivity contribution < 1.29 is 9.53 Å². The smallest absolute Gasteiger partial charge is 0.253 e. The van der Waals surface area contributed by atoms with Crippen molar-refractivity contribution in [3.8, 4) is 17.1 Å². The number of aromatic nitrogens is 2. The van der Waals surface area contributed by atoms with Gasteiger partial charge in [-0.2, -0.15) is 0 Å². The molecule has 0 saturated carbocycles. The van der Waals surface area contributed by atoms with Crippen molar-refractivity contribution in [2.45, 2.75) is 6.92 Å². The van der Waals surface area contributed by atoms with Crippen LogP contribution in [0.5, 0.6) is 5.75 Å². The van der Waals surface area contributed by atoms with Gasteiger partial charge >= 0.3 is 0 Å². The topological polar surface area (TPSA) is 70.6 Å². The fourth-order valence-electron chi connectivity index (χ4n) is 3.61. The Morgan fingerprint density at radius 2 is 1.72 bits per heavy atom. The number of hydrogen-bond acceptors (Lipinski definition) is 6. The lowest BCUT2D eigenvalue weighted by molar-refractivity contribution is 0.0664. The van der Waals surface area contributed by atoms with Crippen LogP contribution in [0.25, 0.3) is 11.4 Å². The molecule has 1 N–H and O–H groups in total. The van der Waals surface area contributed by atoms with E-state index in [2.05, 4.69) is 27.2 Å². The number of piperazine rings is 1. The lowest BCUT2D eigenvalue weighted by atomic mass is 10.1. The third-order valence-electron chi connectivity index (χ3n) is 5.45. The van der Waals surface area contributed by atoms with Crippen LogP contribution in [-0.4, -0.2) is 72.1 Å². The molecule has 0 bridgehead atoms. The van der Waals surface area contributed by atoms with Gasteiger partial charge in [-0.1, -0.05) is 30.3 Å². The van der Waals surface area contributed by atoms with Crippen molar-refractivity contribution in [3.63, 3.8) is 0 Å². The lowest BCUT2D eigenvalue weighted by Crippen LogP contribution is -2.47. The van der Waals surface area contributed by atoms with Gasteiger partial charge in [0, 0.05) is 49.1 Å². The highest BCUT2D eigenvalue weighted by Gasteiger charge is 2.20. The van der Waals surface area contributed by atoms with Gasteiger partial charge in [0.15, 0.2) is 5.82 Å². The molecule has 1 amide bonds. The molecule has 1 saturated heterocycles. The number of para-hydroxylation sites is 1. The van der Waals surface area contributed by atoms with Gasteiger partial charge in [0.1, 0.15) is 18.2 Å². The highest BCUT2D eigenvalue weighted by atomic mass is 16.5. The van der Waals surface area contributed by atoms with Gasteiger partial charge in [-0.3, -0.25) is 4.79 Å². The molecule has 7 heteroatoms. The van der Waals surface area contributed by atoms with Crippen LogP contribution in [0, 0.1) is 6.92 Å². The number of nitrogens with zero attached hydrogens (tertiary/aromatic N) is 4. The summed E-state index contributed by atoms with van der Waals surface area (Å²) in [5.74, 6) is 2.31. The summed E-state index contributed by atoms with van der Waals surface area (Å²) in [6.07, 6.45) is 0. The molecule has 3 aromatic rings. The van der Waals surface area contributed by atoms with Crippen molar-refractivity contribution in [1.29, 1.82) is 0 Å². The first-order chi connectivity index (χ1) is 15.6. The van der Waals surface area contributed by atoms with Crippen LogP contribution in [0.3, 0.4) is 0 Å². The fourth-order valence-corrected chi connectivity index (χ4v) is 3.61. The van der Waals surface area contributed by atoms with E-state index in [-0.39, 0.29) is 5.91 Å². The maximum atomic E-state index is 12.8. The summed E-state index contributed by atoms with van der Waals surface area (Å²) in [6, 6.07) is 19.2. The van der Waals surface area contributed by atoms with Crippen LogP contribution < -0.4 is 10.1 Å². The number of carbonyl (C=O) groups excluding carboxylic acids is 1. The Morgan fingerprint density at radius 3 is 2.44 bits per heavy atom. The van der Waals surface area contributed by atoms with Crippen LogP contribution in [-0.2, 0) is 0 Å². The zero-order valence-electron chi connectivity index (χ0n) is 18.6. The Kier molecular flexibility index (Phi) is 6.97. The number of rotatable bonds is 7. The number of anilines is 1. The molecule has 32 heavy (non-hydrogen) atoms. The number of ether oxygens (including phenoxy) is 1. The molecule has 2 aromatic carbocycles. The van der Waals surface area contributed by atoms with E-state index in [1.165, 1.54) is 0 Å². The number of nitrogens with one attached hydrogen (secondary N) is 1. The molecule has 0 radical (unpaired) electrons. The molecular formula is C25H29N5O2. The zero-order valence-corrected chi connectivity index (χ0v) is 18.6. The molecule has 4 rings (SSSR count). The number of likely N-dealkylation sites (N-methyl/N-ethyl adjacent to an activating group) is 1. The summed E-state index contributed by atoms with van der Waals surface area (Å²) in [7, 11) is 2.08. The molecular weight excluding hydrogens is 402 g/mol. The number of benzene rings is 2. The standard InChI is InChI=1S/C25H29N5O2/c1-19-18-23(26-12-17-32-22-6-4-3-5-7-22)28-24(27-19)20-8-10-21(11-9-20)25(31)30-15-13-29(2)14-16-30/h3-11,18H,12-17H2,1-2H3,(H,26,27,28). The number of amides is 1. The summed E-state index contributed by atoms with van der Waals surface area (Å²) in [4.78, 5) is 26.1. The maximum absolute atomic E-state index is 12.8. The summed E-state index contributed by atoms with van der Waals surface area (Å²) in [5.41, 5.74) is 2.45. The average Bonchev–Trinajstić information content (AvgIpc) is 2.82. The normalized spacial score (nSPS) is 14.2. The van der Waals surface area contributed by atoms with E-state index in [0.29, 0.717) is 24.5 Å². The van der Waals surface area contributed by atoms with Gasteiger partial charge in [0.2, 0.25) is 0 Å². The van der Waals surface area contributed by atoms with E-state index in [1.807, 2.05) is 72.5 Å². The summed E-state index contributed by atoms with van der Waals surface area (Å²) in [5, 5.41) is 3.30. The average molecular weight is 432 g/mol. The van der Waals surface area contributed by atoms with Gasteiger partial charge in [0.05, 0.1) is 6.54 Å². The summed E-state index contributed by atoms with van der Waals surface area (Å²) < 4.78 is 5.72. The molecule has 2 heterocycles. The van der Waals surface area contributed by atoms with Gasteiger partial charge in [-0.25, -0.2) is 9.97 Å². The first-order valence-electron chi connectivity index (χ1n) is 10.9. The SMILES string of the molecule is Cc1cc(NCCOc2ccccc2)nc(-c2ccc(C(=O)N3CCN(C)CC3)cc2)n1. The Labute approximate surface area is 189 Å². The molecule has 0 atom stereocenters. The van der Waals surface area contributed by atoms with E-state index in [9.17, 15) is 4.79 Å². The second-order valence-electron chi connectivity index (χ2n) is 7.98. The van der Waals surface area contributed by atoms with Crippen molar-refractivity contribution in [3.05, 3.63) is 71.9 Å². The molecule has 1 aliphatic heterocycles. The summed E-state index contributed by atoms with van der Waals surface area (Å²) >= 11 is 0.